The molecule has 5 nitrogen and oxygen atoms in total. The number of carbonyl (C=O) groups is 3. The second-order valence-corrected chi connectivity index (χ2v) is 6.96. The summed E-state index contributed by atoms with van der Waals surface area (Å²) in [6.45, 7) is 4.83. The maximum atomic E-state index is 11.5. The lowest BCUT2D eigenvalue weighted by atomic mass is 9.93. The molecule has 0 fully saturated rings. The molecule has 2 aromatic carbocycles. The molecule has 0 radical (unpaired) electrons. The highest BCUT2D eigenvalue weighted by molar-refractivity contribution is 5.77. The number of hydrogen-bond donors (Lipinski definition) is 1. The van der Waals surface area contributed by atoms with Gasteiger partial charge in [-0.25, -0.2) is 0 Å². The number of esters is 1. The second kappa shape index (κ2) is 9.12. The van der Waals surface area contributed by atoms with Crippen molar-refractivity contribution in [3.8, 4) is 11.1 Å². The first-order valence-electron chi connectivity index (χ1n) is 8.88. The van der Waals surface area contributed by atoms with E-state index in [9.17, 15) is 14.4 Å². The van der Waals surface area contributed by atoms with E-state index in [4.69, 9.17) is 4.74 Å². The number of amides is 1. The van der Waals surface area contributed by atoms with Gasteiger partial charge in [-0.15, -0.1) is 0 Å². The first kappa shape index (κ1) is 20.4. The van der Waals surface area contributed by atoms with Crippen LogP contribution in [0, 0.1) is 0 Å². The molecular weight excluding hydrogens is 342 g/mol. The van der Waals surface area contributed by atoms with Crippen LogP contribution in [0.15, 0.2) is 48.5 Å². The molecule has 0 heterocycles. The fraction of sp³-hybridized carbons (Fsp3) is 0.318. The van der Waals surface area contributed by atoms with Crippen molar-refractivity contribution in [3.05, 3.63) is 59.7 Å². The van der Waals surface area contributed by atoms with Crippen molar-refractivity contribution in [2.45, 2.75) is 39.2 Å². The van der Waals surface area contributed by atoms with Crippen LogP contribution in [-0.2, 0) is 20.7 Å². The van der Waals surface area contributed by atoms with Crippen LogP contribution in [0.5, 0.6) is 0 Å². The van der Waals surface area contributed by atoms with Crippen molar-refractivity contribution in [1.29, 1.82) is 0 Å². The Morgan fingerprint density at radius 3 is 2.04 bits per heavy atom. The minimum Gasteiger partial charge on any atom is -0.463 e. The van der Waals surface area contributed by atoms with Gasteiger partial charge in [0.1, 0.15) is 12.9 Å². The van der Waals surface area contributed by atoms with E-state index in [-0.39, 0.29) is 18.5 Å². The lowest BCUT2D eigenvalue weighted by molar-refractivity contribution is -0.144. The van der Waals surface area contributed by atoms with Gasteiger partial charge in [0.25, 0.3) is 0 Å². The van der Waals surface area contributed by atoms with E-state index in [0.717, 1.165) is 29.4 Å². The van der Waals surface area contributed by atoms with Crippen molar-refractivity contribution in [3.63, 3.8) is 0 Å². The molecule has 1 N–H and O–H groups in total. The van der Waals surface area contributed by atoms with Crippen LogP contribution >= 0.6 is 0 Å². The summed E-state index contributed by atoms with van der Waals surface area (Å²) in [5.41, 5.74) is 3.29. The van der Waals surface area contributed by atoms with Gasteiger partial charge in [0.05, 0.1) is 5.54 Å². The van der Waals surface area contributed by atoms with Crippen LogP contribution < -0.4 is 5.32 Å². The van der Waals surface area contributed by atoms with E-state index in [0.29, 0.717) is 12.0 Å². The third-order valence-electron chi connectivity index (χ3n) is 4.37. The highest BCUT2D eigenvalue weighted by Crippen LogP contribution is 2.22. The number of ether oxygens (including phenoxy) is 1. The van der Waals surface area contributed by atoms with Crippen LogP contribution in [0.1, 0.15) is 43.1 Å². The second-order valence-electron chi connectivity index (χ2n) is 6.96. The maximum Gasteiger partial charge on any atom is 0.302 e. The smallest absolute Gasteiger partial charge is 0.302 e. The number of aryl methyl sites for hydroxylation is 1. The van der Waals surface area contributed by atoms with Crippen molar-refractivity contribution < 1.29 is 19.1 Å². The Kier molecular flexibility index (Phi) is 6.88. The Morgan fingerprint density at radius 1 is 1.00 bits per heavy atom. The average molecular weight is 367 g/mol. The number of benzene rings is 2. The summed E-state index contributed by atoms with van der Waals surface area (Å²) in [7, 11) is 0. The lowest BCUT2D eigenvalue weighted by Crippen LogP contribution is -2.49. The van der Waals surface area contributed by atoms with Crippen molar-refractivity contribution in [1.82, 2.24) is 5.32 Å². The third kappa shape index (κ3) is 6.37. The van der Waals surface area contributed by atoms with E-state index in [1.165, 1.54) is 13.8 Å². The summed E-state index contributed by atoms with van der Waals surface area (Å²) in [6, 6.07) is 15.6. The van der Waals surface area contributed by atoms with Crippen LogP contribution in [0.3, 0.4) is 0 Å². The van der Waals surface area contributed by atoms with Gasteiger partial charge in [0.15, 0.2) is 0 Å². The molecule has 1 amide bonds. The first-order valence-corrected chi connectivity index (χ1v) is 8.88. The fourth-order valence-electron chi connectivity index (χ4n) is 2.89. The van der Waals surface area contributed by atoms with Crippen LogP contribution in [0.2, 0.25) is 0 Å². The molecule has 0 aliphatic carbocycles. The zero-order chi connectivity index (χ0) is 19.9. The largest absolute Gasteiger partial charge is 0.463 e. The molecule has 0 bridgehead atoms. The molecule has 1 atom stereocenters. The normalized spacial score (nSPS) is 12.7. The van der Waals surface area contributed by atoms with Gasteiger partial charge in [-0.1, -0.05) is 48.5 Å². The molecule has 2 aromatic rings. The van der Waals surface area contributed by atoms with Crippen molar-refractivity contribution in [2.24, 2.45) is 0 Å². The number of hydrogen-bond acceptors (Lipinski definition) is 4. The number of aldehydes is 1. The quantitative estimate of drug-likeness (QED) is 0.572. The van der Waals surface area contributed by atoms with Crippen LogP contribution in [-0.4, -0.2) is 30.3 Å². The van der Waals surface area contributed by atoms with Crippen molar-refractivity contribution >= 4 is 18.2 Å². The first-order chi connectivity index (χ1) is 12.8. The van der Waals surface area contributed by atoms with Crippen LogP contribution in [0.4, 0.5) is 0 Å². The zero-order valence-corrected chi connectivity index (χ0v) is 16.0. The zero-order valence-electron chi connectivity index (χ0n) is 16.0. The number of carbonyl (C=O) groups excluding carboxylic acids is 3. The summed E-state index contributed by atoms with van der Waals surface area (Å²) < 4.78 is 5.11. The average Bonchev–Trinajstić information content (AvgIpc) is 2.65. The standard InChI is InChI=1S/C22H25NO4/c1-16(25)23-22(3,15-27-17(2)26)13-12-18-4-8-20(9-5-18)21-10-6-19(14-24)7-11-21/h4-11,14H,12-13,15H2,1-3H3,(H,23,25). The minimum atomic E-state index is -0.610. The van der Waals surface area contributed by atoms with Crippen LogP contribution in [0.25, 0.3) is 11.1 Å². The third-order valence-corrected chi connectivity index (χ3v) is 4.37. The van der Waals surface area contributed by atoms with Crippen molar-refractivity contribution in [2.75, 3.05) is 6.61 Å². The molecule has 142 valence electrons. The molecule has 0 aliphatic rings. The lowest BCUT2D eigenvalue weighted by Gasteiger charge is -2.30. The molecule has 0 saturated heterocycles. The number of nitrogens with one attached hydrogen (secondary N) is 1. The maximum absolute atomic E-state index is 11.5. The van der Waals surface area contributed by atoms with E-state index >= 15 is 0 Å². The number of rotatable bonds is 8. The molecule has 27 heavy (non-hydrogen) atoms. The summed E-state index contributed by atoms with van der Waals surface area (Å²) >= 11 is 0. The summed E-state index contributed by atoms with van der Waals surface area (Å²) in [5.74, 6) is -0.518. The van der Waals surface area contributed by atoms with Gasteiger partial charge in [-0.3, -0.25) is 14.4 Å². The summed E-state index contributed by atoms with van der Waals surface area (Å²) in [5, 5.41) is 2.89. The molecule has 5 heteroatoms. The topological polar surface area (TPSA) is 72.5 Å². The van der Waals surface area contributed by atoms with Gasteiger partial charge in [0.2, 0.25) is 5.91 Å². The molecule has 2 rings (SSSR count). The van der Waals surface area contributed by atoms with E-state index in [1.54, 1.807) is 12.1 Å². The van der Waals surface area contributed by atoms with Gasteiger partial charge in [0, 0.05) is 19.4 Å². The van der Waals surface area contributed by atoms with Gasteiger partial charge in [-0.05, 0) is 36.5 Å². The fourth-order valence-corrected chi connectivity index (χ4v) is 2.89. The Labute approximate surface area is 159 Å². The summed E-state index contributed by atoms with van der Waals surface area (Å²) in [4.78, 5) is 33.3. The molecule has 0 spiro atoms. The predicted octanol–water partition coefficient (Wildman–Crippen LogP) is 3.56. The molecule has 1 unspecified atom stereocenters. The highest BCUT2D eigenvalue weighted by atomic mass is 16.5. The predicted molar refractivity (Wildman–Crippen MR) is 104 cm³/mol. The van der Waals surface area contributed by atoms with Gasteiger partial charge < -0.3 is 10.1 Å². The Hall–Kier alpha value is -2.95. The Balaban J connectivity index is 2.03. The van der Waals surface area contributed by atoms with Gasteiger partial charge in [-0.2, -0.15) is 0 Å². The SMILES string of the molecule is CC(=O)NC(C)(CCc1ccc(-c2ccc(C=O)cc2)cc1)COC(C)=O. The molecule has 0 aromatic heterocycles. The van der Waals surface area contributed by atoms with Gasteiger partial charge >= 0.3 is 5.97 Å². The molecule has 0 aliphatic heterocycles. The Morgan fingerprint density at radius 2 is 1.56 bits per heavy atom. The monoisotopic (exact) mass is 367 g/mol. The Bertz CT molecular complexity index is 796. The molecule has 0 saturated carbocycles. The van der Waals surface area contributed by atoms with E-state index in [2.05, 4.69) is 5.32 Å². The molecular formula is C22H25NO4. The van der Waals surface area contributed by atoms with E-state index < -0.39 is 5.54 Å². The summed E-state index contributed by atoms with van der Waals surface area (Å²) in [6.07, 6.45) is 2.21. The minimum absolute atomic E-state index is 0.142. The highest BCUT2D eigenvalue weighted by Gasteiger charge is 2.26. The van der Waals surface area contributed by atoms with E-state index in [1.807, 2.05) is 43.3 Å².